The van der Waals surface area contributed by atoms with Crippen molar-refractivity contribution < 1.29 is 29.3 Å². The molecule has 0 bridgehead atoms. The van der Waals surface area contributed by atoms with Crippen LogP contribution in [0.2, 0.25) is 0 Å². The van der Waals surface area contributed by atoms with Crippen molar-refractivity contribution >= 4 is 18.0 Å². The molecule has 0 heterocycles. The molecule has 0 saturated carbocycles. The standard InChI is InChI=1S/C26H32N2O6/c1-16(14-26(2,3)33)27-24(31)22(12-13-23(29)30)28-25(32)34-15-21-19-10-6-4-8-17(19)18-9-5-7-11-20(18)21/h4-11,16,21-22,33H,12-15H2,1-3H3,(H,27,31)(H,28,32)(H,29,30). The number of aliphatic carboxylic acids is 1. The summed E-state index contributed by atoms with van der Waals surface area (Å²) in [4.78, 5) is 36.4. The monoisotopic (exact) mass is 468 g/mol. The average Bonchev–Trinajstić information content (AvgIpc) is 3.07. The number of hydrogen-bond acceptors (Lipinski definition) is 5. The molecular weight excluding hydrogens is 436 g/mol. The third kappa shape index (κ3) is 6.57. The third-order valence-electron chi connectivity index (χ3n) is 5.79. The molecule has 8 heteroatoms. The number of ether oxygens (including phenoxy) is 1. The Hall–Kier alpha value is -3.39. The Bertz CT molecular complexity index is 1000. The van der Waals surface area contributed by atoms with E-state index in [1.165, 1.54) is 0 Å². The molecule has 2 amide bonds. The molecule has 2 aromatic carbocycles. The number of aliphatic hydroxyl groups is 1. The van der Waals surface area contributed by atoms with Crippen molar-refractivity contribution in [1.29, 1.82) is 0 Å². The number of amides is 2. The highest BCUT2D eigenvalue weighted by atomic mass is 16.5. The zero-order valence-electron chi connectivity index (χ0n) is 19.7. The normalized spacial score (nSPS) is 14.5. The fraction of sp³-hybridized carbons (Fsp3) is 0.423. The predicted octanol–water partition coefficient (Wildman–Crippen LogP) is 3.42. The van der Waals surface area contributed by atoms with Crippen LogP contribution in [-0.4, -0.2) is 52.5 Å². The van der Waals surface area contributed by atoms with Gasteiger partial charge in [0.2, 0.25) is 5.91 Å². The smallest absolute Gasteiger partial charge is 0.407 e. The van der Waals surface area contributed by atoms with E-state index in [1.807, 2.05) is 48.5 Å². The summed E-state index contributed by atoms with van der Waals surface area (Å²) >= 11 is 0. The minimum Gasteiger partial charge on any atom is -0.481 e. The maximum atomic E-state index is 12.7. The maximum absolute atomic E-state index is 12.7. The van der Waals surface area contributed by atoms with Gasteiger partial charge in [-0.1, -0.05) is 48.5 Å². The molecule has 0 aromatic heterocycles. The predicted molar refractivity (Wildman–Crippen MR) is 127 cm³/mol. The number of carbonyl (C=O) groups is 3. The van der Waals surface area contributed by atoms with Crippen LogP contribution < -0.4 is 10.6 Å². The number of carboxylic acids is 1. The number of carboxylic acid groups (broad SMARTS) is 1. The van der Waals surface area contributed by atoms with Gasteiger partial charge in [0.05, 0.1) is 5.60 Å². The maximum Gasteiger partial charge on any atom is 0.407 e. The largest absolute Gasteiger partial charge is 0.481 e. The number of benzene rings is 2. The molecule has 8 nitrogen and oxygen atoms in total. The van der Waals surface area contributed by atoms with E-state index in [4.69, 9.17) is 9.84 Å². The first-order valence-corrected chi connectivity index (χ1v) is 11.4. The molecule has 34 heavy (non-hydrogen) atoms. The number of hydrogen-bond donors (Lipinski definition) is 4. The van der Waals surface area contributed by atoms with Gasteiger partial charge in [-0.2, -0.15) is 0 Å². The summed E-state index contributed by atoms with van der Waals surface area (Å²) in [7, 11) is 0. The molecule has 0 fully saturated rings. The van der Waals surface area contributed by atoms with E-state index in [0.29, 0.717) is 6.42 Å². The lowest BCUT2D eigenvalue weighted by atomic mass is 9.98. The van der Waals surface area contributed by atoms with Crippen molar-refractivity contribution in [3.63, 3.8) is 0 Å². The van der Waals surface area contributed by atoms with E-state index in [1.54, 1.807) is 20.8 Å². The molecule has 0 saturated heterocycles. The Kier molecular flexibility index (Phi) is 7.94. The summed E-state index contributed by atoms with van der Waals surface area (Å²) in [5, 5.41) is 24.2. The number of nitrogens with one attached hydrogen (secondary N) is 2. The summed E-state index contributed by atoms with van der Waals surface area (Å²) in [5.41, 5.74) is 3.36. The van der Waals surface area contributed by atoms with Gasteiger partial charge in [-0.3, -0.25) is 9.59 Å². The van der Waals surface area contributed by atoms with E-state index < -0.39 is 29.6 Å². The molecule has 2 unspecified atom stereocenters. The Morgan fingerprint density at radius 1 is 1.00 bits per heavy atom. The van der Waals surface area contributed by atoms with Crippen LogP contribution in [0.15, 0.2) is 48.5 Å². The van der Waals surface area contributed by atoms with Gasteiger partial charge >= 0.3 is 12.1 Å². The van der Waals surface area contributed by atoms with Crippen molar-refractivity contribution in [2.75, 3.05) is 6.61 Å². The first-order valence-electron chi connectivity index (χ1n) is 11.4. The van der Waals surface area contributed by atoms with Crippen molar-refractivity contribution in [3.8, 4) is 11.1 Å². The molecule has 3 rings (SSSR count). The van der Waals surface area contributed by atoms with Crippen molar-refractivity contribution in [3.05, 3.63) is 59.7 Å². The molecule has 0 spiro atoms. The molecule has 2 aromatic rings. The topological polar surface area (TPSA) is 125 Å². The van der Waals surface area contributed by atoms with Crippen LogP contribution in [0.5, 0.6) is 0 Å². The number of fused-ring (bicyclic) bond motifs is 3. The van der Waals surface area contributed by atoms with E-state index in [0.717, 1.165) is 22.3 Å². The highest BCUT2D eigenvalue weighted by Gasteiger charge is 2.30. The molecule has 1 aliphatic carbocycles. The summed E-state index contributed by atoms with van der Waals surface area (Å²) in [5.74, 6) is -1.72. The summed E-state index contributed by atoms with van der Waals surface area (Å²) in [6.07, 6.45) is -0.861. The number of alkyl carbamates (subject to hydrolysis) is 1. The van der Waals surface area contributed by atoms with Crippen LogP contribution in [0, 0.1) is 0 Å². The van der Waals surface area contributed by atoms with Gasteiger partial charge in [-0.15, -0.1) is 0 Å². The van der Waals surface area contributed by atoms with Crippen LogP contribution in [-0.2, 0) is 14.3 Å². The van der Waals surface area contributed by atoms with Crippen molar-refractivity contribution in [1.82, 2.24) is 10.6 Å². The van der Waals surface area contributed by atoms with Crippen molar-refractivity contribution in [2.45, 2.75) is 63.6 Å². The van der Waals surface area contributed by atoms with E-state index in [9.17, 15) is 19.5 Å². The minimum absolute atomic E-state index is 0.0827. The van der Waals surface area contributed by atoms with Crippen LogP contribution in [0.3, 0.4) is 0 Å². The second-order valence-corrected chi connectivity index (χ2v) is 9.38. The van der Waals surface area contributed by atoms with Crippen LogP contribution in [0.1, 0.15) is 57.1 Å². The molecule has 0 aliphatic heterocycles. The minimum atomic E-state index is -1.07. The second kappa shape index (κ2) is 10.7. The summed E-state index contributed by atoms with van der Waals surface area (Å²) in [6, 6.07) is 14.5. The van der Waals surface area contributed by atoms with Gasteiger partial charge in [0.25, 0.3) is 0 Å². The zero-order valence-corrected chi connectivity index (χ0v) is 19.7. The Morgan fingerprint density at radius 3 is 2.09 bits per heavy atom. The van der Waals surface area contributed by atoms with Crippen LogP contribution in [0.25, 0.3) is 11.1 Å². The van der Waals surface area contributed by atoms with Gasteiger partial charge in [0.15, 0.2) is 0 Å². The fourth-order valence-corrected chi connectivity index (χ4v) is 4.46. The zero-order chi connectivity index (χ0) is 24.9. The van der Waals surface area contributed by atoms with Gasteiger partial charge < -0.3 is 25.6 Å². The molecule has 1 aliphatic rings. The van der Waals surface area contributed by atoms with E-state index >= 15 is 0 Å². The summed E-state index contributed by atoms with van der Waals surface area (Å²) in [6.45, 7) is 5.08. The first kappa shape index (κ1) is 25.2. The number of rotatable bonds is 10. The Balaban J connectivity index is 1.64. The molecule has 4 N–H and O–H groups in total. The summed E-state index contributed by atoms with van der Waals surface area (Å²) < 4.78 is 5.50. The number of carbonyl (C=O) groups excluding carboxylic acids is 2. The lowest BCUT2D eigenvalue weighted by Gasteiger charge is -2.25. The highest BCUT2D eigenvalue weighted by molar-refractivity contribution is 5.86. The van der Waals surface area contributed by atoms with Gasteiger partial charge in [0, 0.05) is 18.4 Å². The average molecular weight is 469 g/mol. The van der Waals surface area contributed by atoms with Crippen LogP contribution in [0.4, 0.5) is 4.79 Å². The van der Waals surface area contributed by atoms with E-state index in [2.05, 4.69) is 10.6 Å². The highest BCUT2D eigenvalue weighted by Crippen LogP contribution is 2.44. The molecule has 2 atom stereocenters. The van der Waals surface area contributed by atoms with E-state index in [-0.39, 0.29) is 31.4 Å². The Labute approximate surface area is 199 Å². The SMILES string of the molecule is CC(CC(C)(C)O)NC(=O)C(CCC(=O)O)NC(=O)OCC1c2ccccc2-c2ccccc21. The molecule has 182 valence electrons. The fourth-order valence-electron chi connectivity index (χ4n) is 4.46. The van der Waals surface area contributed by atoms with Gasteiger partial charge in [-0.25, -0.2) is 4.79 Å². The van der Waals surface area contributed by atoms with Gasteiger partial charge in [0.1, 0.15) is 12.6 Å². The first-order chi connectivity index (χ1) is 16.0. The second-order valence-electron chi connectivity index (χ2n) is 9.38. The lowest BCUT2D eigenvalue weighted by molar-refractivity contribution is -0.137. The molecular formula is C26H32N2O6. The van der Waals surface area contributed by atoms with Gasteiger partial charge in [-0.05, 0) is 55.9 Å². The van der Waals surface area contributed by atoms with Crippen molar-refractivity contribution in [2.24, 2.45) is 0 Å². The lowest BCUT2D eigenvalue weighted by Crippen LogP contribution is -2.50. The molecule has 0 radical (unpaired) electrons. The quantitative estimate of drug-likeness (QED) is 0.423. The Morgan fingerprint density at radius 2 is 1.56 bits per heavy atom. The van der Waals surface area contributed by atoms with Crippen LogP contribution >= 0.6 is 0 Å². The third-order valence-corrected chi connectivity index (χ3v) is 5.79.